The van der Waals surface area contributed by atoms with E-state index in [0.717, 1.165) is 69.5 Å². The van der Waals surface area contributed by atoms with Crippen LogP contribution in [0.5, 0.6) is 5.75 Å². The number of hydrogen-bond acceptors (Lipinski definition) is 6. The summed E-state index contributed by atoms with van der Waals surface area (Å²) in [5, 5.41) is 23.0. The molecule has 0 bridgehead atoms. The number of benzene rings is 1. The van der Waals surface area contributed by atoms with E-state index >= 15 is 0 Å². The highest BCUT2D eigenvalue weighted by Gasteiger charge is 2.55. The van der Waals surface area contributed by atoms with Crippen molar-refractivity contribution in [2.45, 2.75) is 88.9 Å². The van der Waals surface area contributed by atoms with Gasteiger partial charge < -0.3 is 25.2 Å². The molecule has 1 spiro atoms. The van der Waals surface area contributed by atoms with Crippen LogP contribution in [0.1, 0.15) is 70.3 Å². The summed E-state index contributed by atoms with van der Waals surface area (Å²) in [6.07, 6.45) is 7.35. The number of aliphatic hydroxyl groups excluding tert-OH is 2. The highest BCUT2D eigenvalue weighted by Crippen LogP contribution is 2.36. The van der Waals surface area contributed by atoms with Gasteiger partial charge in [0, 0.05) is 26.2 Å². The van der Waals surface area contributed by atoms with E-state index in [9.17, 15) is 14.7 Å². The number of piperidine rings is 1. The van der Waals surface area contributed by atoms with Crippen molar-refractivity contribution in [3.63, 3.8) is 0 Å². The van der Waals surface area contributed by atoms with Crippen molar-refractivity contribution >= 4 is 24.2 Å². The summed E-state index contributed by atoms with van der Waals surface area (Å²) in [7, 11) is 0. The molecule has 208 valence electrons. The minimum atomic E-state index is -0.826. The lowest BCUT2D eigenvalue weighted by atomic mass is 9.78. The number of hydrogen-bond donors (Lipinski definition) is 3. The molecule has 3 fully saturated rings. The van der Waals surface area contributed by atoms with Gasteiger partial charge in [-0.1, -0.05) is 44.7 Å². The number of ether oxygens (including phenoxy) is 1. The molecule has 1 saturated carbocycles. The zero-order chi connectivity index (χ0) is 25.5. The first-order valence-corrected chi connectivity index (χ1v) is 13.8. The number of halogens is 1. The second-order valence-electron chi connectivity index (χ2n) is 10.7. The van der Waals surface area contributed by atoms with E-state index in [1.165, 1.54) is 6.42 Å². The summed E-state index contributed by atoms with van der Waals surface area (Å²) in [5.41, 5.74) is 0.332. The monoisotopic (exact) mass is 537 g/mol. The van der Waals surface area contributed by atoms with Gasteiger partial charge in [-0.2, -0.15) is 0 Å². The van der Waals surface area contributed by atoms with E-state index in [0.29, 0.717) is 19.4 Å². The van der Waals surface area contributed by atoms with Crippen molar-refractivity contribution in [1.29, 1.82) is 0 Å². The predicted molar refractivity (Wildman–Crippen MR) is 145 cm³/mol. The van der Waals surface area contributed by atoms with E-state index < -0.39 is 17.7 Å². The molecule has 9 heteroatoms. The van der Waals surface area contributed by atoms with E-state index in [1.54, 1.807) is 0 Å². The predicted octanol–water partition coefficient (Wildman–Crippen LogP) is 2.88. The number of amides is 2. The molecule has 0 aromatic heterocycles. The van der Waals surface area contributed by atoms with Crippen molar-refractivity contribution in [3.05, 3.63) is 29.8 Å². The maximum absolute atomic E-state index is 13.7. The summed E-state index contributed by atoms with van der Waals surface area (Å²) >= 11 is 0. The third-order valence-electron chi connectivity index (χ3n) is 8.34. The van der Waals surface area contributed by atoms with Gasteiger partial charge in [-0.25, -0.2) is 0 Å². The normalized spacial score (nSPS) is 23.4. The Morgan fingerprint density at radius 2 is 1.78 bits per heavy atom. The fourth-order valence-electron chi connectivity index (χ4n) is 6.15. The second kappa shape index (κ2) is 13.8. The molecule has 1 aromatic rings. The molecule has 37 heavy (non-hydrogen) atoms. The molecule has 2 aliphatic heterocycles. The Hall–Kier alpha value is -1.87. The molecule has 8 nitrogen and oxygen atoms in total. The quantitative estimate of drug-likeness (QED) is 0.424. The van der Waals surface area contributed by atoms with Gasteiger partial charge in [-0.05, 0) is 55.7 Å². The summed E-state index contributed by atoms with van der Waals surface area (Å²) in [6, 6.07) is 7.05. The van der Waals surface area contributed by atoms with Crippen molar-refractivity contribution in [1.82, 2.24) is 15.1 Å². The third-order valence-corrected chi connectivity index (χ3v) is 8.34. The first-order chi connectivity index (χ1) is 17.5. The molecule has 1 aliphatic carbocycles. The Kier molecular flexibility index (Phi) is 11.1. The van der Waals surface area contributed by atoms with Crippen LogP contribution in [0.25, 0.3) is 0 Å². The average Bonchev–Trinajstić information content (AvgIpc) is 2.91. The molecule has 0 radical (unpaired) electrons. The van der Waals surface area contributed by atoms with Crippen LogP contribution >= 0.6 is 12.4 Å². The van der Waals surface area contributed by atoms with Crippen LogP contribution in [-0.2, 0) is 16.1 Å². The summed E-state index contributed by atoms with van der Waals surface area (Å²) in [5.74, 6) is 0.618. The van der Waals surface area contributed by atoms with Gasteiger partial charge in [0.15, 0.2) is 0 Å². The zero-order valence-corrected chi connectivity index (χ0v) is 22.9. The molecule has 3 N–H and O–H groups in total. The molecule has 1 aromatic carbocycles. The van der Waals surface area contributed by atoms with Gasteiger partial charge in [-0.3, -0.25) is 14.5 Å². The van der Waals surface area contributed by atoms with Gasteiger partial charge in [0.25, 0.3) is 0 Å². The molecule has 2 heterocycles. The Balaban J connectivity index is 0.00000380. The van der Waals surface area contributed by atoms with Crippen molar-refractivity contribution in [2.75, 3.05) is 32.8 Å². The number of nitrogens with one attached hydrogen (secondary N) is 1. The lowest BCUT2D eigenvalue weighted by molar-refractivity contribution is -0.166. The lowest BCUT2D eigenvalue weighted by Gasteiger charge is -2.52. The van der Waals surface area contributed by atoms with Crippen molar-refractivity contribution in [2.24, 2.45) is 5.92 Å². The summed E-state index contributed by atoms with van der Waals surface area (Å²) in [6.45, 7) is 5.14. The standard InChI is InChI=1S/C28H43N3O5.ClH/c1-2-3-15-31-26(34)24(25(33)22-7-5-4-6-8-22)29-27(35)28(31)13-16-30(17-14-28)20-21-9-11-23(12-10-21)36-19-18-32;/h9-12,22,24-25,32-33H,2-8,13-20H2,1H3,(H,29,35);1H/t24-,25-;/m1./s1. The maximum Gasteiger partial charge on any atom is 0.248 e. The molecule has 2 saturated heterocycles. The summed E-state index contributed by atoms with van der Waals surface area (Å²) < 4.78 is 5.44. The van der Waals surface area contributed by atoms with Gasteiger partial charge >= 0.3 is 0 Å². The van der Waals surface area contributed by atoms with Crippen LogP contribution < -0.4 is 10.1 Å². The number of piperazine rings is 1. The van der Waals surface area contributed by atoms with Gasteiger partial charge in [0.2, 0.25) is 11.8 Å². The Bertz CT molecular complexity index is 869. The van der Waals surface area contributed by atoms with E-state index in [1.807, 2.05) is 29.2 Å². The van der Waals surface area contributed by atoms with Crippen molar-refractivity contribution < 1.29 is 24.5 Å². The van der Waals surface area contributed by atoms with Crippen LogP contribution in [-0.4, -0.2) is 82.4 Å². The fourth-order valence-corrected chi connectivity index (χ4v) is 6.15. The topological polar surface area (TPSA) is 102 Å². The van der Waals surface area contributed by atoms with E-state index in [2.05, 4.69) is 17.1 Å². The van der Waals surface area contributed by atoms with Crippen LogP contribution in [0.2, 0.25) is 0 Å². The van der Waals surface area contributed by atoms with Gasteiger partial charge in [0.05, 0.1) is 12.7 Å². The van der Waals surface area contributed by atoms with Crippen LogP contribution in [0.3, 0.4) is 0 Å². The minimum Gasteiger partial charge on any atom is -0.491 e. The van der Waals surface area contributed by atoms with Crippen LogP contribution in [0, 0.1) is 5.92 Å². The lowest BCUT2D eigenvalue weighted by Crippen LogP contribution is -2.75. The molecule has 2 amide bonds. The van der Waals surface area contributed by atoms with E-state index in [4.69, 9.17) is 9.84 Å². The number of unbranched alkanes of at least 4 members (excludes halogenated alkanes) is 1. The molecule has 2 atom stereocenters. The smallest absolute Gasteiger partial charge is 0.248 e. The number of rotatable bonds is 10. The number of carbonyl (C=O) groups is 2. The Morgan fingerprint density at radius 3 is 2.41 bits per heavy atom. The first-order valence-electron chi connectivity index (χ1n) is 13.8. The van der Waals surface area contributed by atoms with Crippen molar-refractivity contribution in [3.8, 4) is 5.75 Å². The first kappa shape index (κ1) is 29.7. The SMILES string of the molecule is CCCCN1C(=O)[C@@H]([C@H](O)C2CCCCC2)NC(=O)C12CCN(Cc1ccc(OCCO)cc1)CC2.Cl. The summed E-state index contributed by atoms with van der Waals surface area (Å²) in [4.78, 5) is 31.5. The van der Waals surface area contributed by atoms with Crippen LogP contribution in [0.4, 0.5) is 0 Å². The zero-order valence-electron chi connectivity index (χ0n) is 22.1. The molecular formula is C28H44ClN3O5. The molecule has 3 aliphatic rings. The molecule has 4 rings (SSSR count). The Labute approximate surface area is 227 Å². The number of likely N-dealkylation sites (tertiary alicyclic amines) is 1. The van der Waals surface area contributed by atoms with Gasteiger partial charge in [0.1, 0.15) is 23.9 Å². The molecule has 0 unspecified atom stereocenters. The number of nitrogens with zero attached hydrogens (tertiary/aromatic N) is 2. The maximum atomic E-state index is 13.7. The minimum absolute atomic E-state index is 0. The highest BCUT2D eigenvalue weighted by molar-refractivity contribution is 6.00. The number of aliphatic hydroxyl groups is 2. The third kappa shape index (κ3) is 6.77. The van der Waals surface area contributed by atoms with E-state index in [-0.39, 0.29) is 43.4 Å². The molecular weight excluding hydrogens is 494 g/mol. The average molecular weight is 538 g/mol. The largest absolute Gasteiger partial charge is 0.491 e. The van der Waals surface area contributed by atoms with Crippen LogP contribution in [0.15, 0.2) is 24.3 Å². The second-order valence-corrected chi connectivity index (χ2v) is 10.7. The Morgan fingerprint density at radius 1 is 1.11 bits per heavy atom. The van der Waals surface area contributed by atoms with Gasteiger partial charge in [-0.15, -0.1) is 12.4 Å². The fraction of sp³-hybridized carbons (Fsp3) is 0.714. The highest BCUT2D eigenvalue weighted by atomic mass is 35.5. The number of carbonyl (C=O) groups excluding carboxylic acids is 2.